The summed E-state index contributed by atoms with van der Waals surface area (Å²) in [5, 5.41) is 4.65. The lowest BCUT2D eigenvalue weighted by molar-refractivity contribution is -0.113. The molecule has 2 aromatic heterocycles. The SMILES string of the molecule is O=C(CSC1=Nc2c(sc3nc(-c4ccccc4)nc(-c4ccccc4)c23)C2=NCCN12)Nc1ccccc1. The normalized spacial score (nSPS) is 14.0. The molecule has 0 atom stereocenters. The third-order valence-electron chi connectivity index (χ3n) is 6.48. The number of carbonyl (C=O) groups excluding carboxylic acids is 1. The van der Waals surface area contributed by atoms with Crippen molar-refractivity contribution < 1.29 is 4.79 Å². The van der Waals surface area contributed by atoms with Crippen molar-refractivity contribution in [2.45, 2.75) is 0 Å². The first-order valence-corrected chi connectivity index (χ1v) is 14.4. The molecule has 0 bridgehead atoms. The molecular weight excluding hydrogens is 525 g/mol. The fourth-order valence-electron chi connectivity index (χ4n) is 4.71. The van der Waals surface area contributed by atoms with E-state index < -0.39 is 0 Å². The van der Waals surface area contributed by atoms with E-state index in [2.05, 4.69) is 22.3 Å². The maximum absolute atomic E-state index is 12.7. The molecule has 0 aliphatic carbocycles. The number of aromatic nitrogens is 2. The number of fused-ring (bicyclic) bond motifs is 5. The van der Waals surface area contributed by atoms with Crippen LogP contribution in [0.5, 0.6) is 0 Å². The number of amidine groups is 2. The number of anilines is 1. The quantitative estimate of drug-likeness (QED) is 0.274. The van der Waals surface area contributed by atoms with Crippen LogP contribution in [0.3, 0.4) is 0 Å². The maximum Gasteiger partial charge on any atom is 0.234 e. The lowest BCUT2D eigenvalue weighted by Gasteiger charge is -2.25. The van der Waals surface area contributed by atoms with Gasteiger partial charge in [-0.25, -0.2) is 15.0 Å². The predicted molar refractivity (Wildman–Crippen MR) is 161 cm³/mol. The Balaban J connectivity index is 1.32. The number of rotatable bonds is 5. The number of carbonyl (C=O) groups is 1. The maximum atomic E-state index is 12.7. The van der Waals surface area contributed by atoms with Gasteiger partial charge in [0.15, 0.2) is 11.0 Å². The second kappa shape index (κ2) is 10.1. The van der Waals surface area contributed by atoms with E-state index in [4.69, 9.17) is 20.0 Å². The fraction of sp³-hybridized carbons (Fsp3) is 0.100. The van der Waals surface area contributed by atoms with Crippen LogP contribution in [0.2, 0.25) is 0 Å². The smallest absolute Gasteiger partial charge is 0.234 e. The Morgan fingerprint density at radius 2 is 1.59 bits per heavy atom. The first-order chi connectivity index (χ1) is 19.2. The molecule has 3 aromatic carbocycles. The molecule has 190 valence electrons. The summed E-state index contributed by atoms with van der Waals surface area (Å²) in [4.78, 5) is 36.7. The molecule has 0 fully saturated rings. The summed E-state index contributed by atoms with van der Waals surface area (Å²) < 4.78 is 0. The number of hydrogen-bond donors (Lipinski definition) is 1. The number of nitrogens with one attached hydrogen (secondary N) is 1. The zero-order valence-corrected chi connectivity index (χ0v) is 22.4. The van der Waals surface area contributed by atoms with Gasteiger partial charge in [-0.2, -0.15) is 0 Å². The van der Waals surface area contributed by atoms with E-state index in [-0.39, 0.29) is 11.7 Å². The zero-order chi connectivity index (χ0) is 26.2. The third kappa shape index (κ3) is 4.49. The number of thioether (sulfide) groups is 1. The highest BCUT2D eigenvalue weighted by molar-refractivity contribution is 8.14. The Morgan fingerprint density at radius 3 is 2.33 bits per heavy atom. The van der Waals surface area contributed by atoms with E-state index in [0.717, 1.165) is 60.8 Å². The number of thiophene rings is 1. The molecule has 2 aliphatic rings. The summed E-state index contributed by atoms with van der Waals surface area (Å²) >= 11 is 3.03. The molecule has 7 nitrogen and oxygen atoms in total. The summed E-state index contributed by atoms with van der Waals surface area (Å²) in [6.45, 7) is 1.42. The molecule has 5 aromatic rings. The van der Waals surface area contributed by atoms with Gasteiger partial charge in [-0.3, -0.25) is 9.79 Å². The summed E-state index contributed by atoms with van der Waals surface area (Å²) in [6.07, 6.45) is 0. The molecule has 0 saturated heterocycles. The second-order valence-corrected chi connectivity index (χ2v) is 11.0. The van der Waals surface area contributed by atoms with E-state index >= 15 is 0 Å². The van der Waals surface area contributed by atoms with Gasteiger partial charge in [0.2, 0.25) is 5.91 Å². The van der Waals surface area contributed by atoms with Crippen LogP contribution in [0.25, 0.3) is 32.9 Å². The summed E-state index contributed by atoms with van der Waals surface area (Å²) in [6, 6.07) is 29.7. The molecule has 4 heterocycles. The molecule has 0 saturated carbocycles. The standard InChI is InChI=1S/C30H22N6OS2/c37-22(32-21-14-8-3-9-15-21)18-38-30-34-25-23-24(19-10-4-1-5-11-19)33-27(20-12-6-2-7-13-20)35-29(23)39-26(25)28-31-16-17-36(28)30/h1-15H,16-18H2,(H,32,37). The van der Waals surface area contributed by atoms with Crippen molar-refractivity contribution in [3.05, 3.63) is 95.9 Å². The molecule has 2 aliphatic heterocycles. The average molecular weight is 547 g/mol. The van der Waals surface area contributed by atoms with Gasteiger partial charge in [0.05, 0.1) is 33.9 Å². The second-order valence-electron chi connectivity index (χ2n) is 9.04. The van der Waals surface area contributed by atoms with Crippen molar-refractivity contribution in [2.24, 2.45) is 9.98 Å². The highest BCUT2D eigenvalue weighted by Gasteiger charge is 2.34. The average Bonchev–Trinajstić information content (AvgIpc) is 3.62. The van der Waals surface area contributed by atoms with Crippen molar-refractivity contribution in [3.63, 3.8) is 0 Å². The number of para-hydroxylation sites is 1. The molecule has 1 N–H and O–H groups in total. The Morgan fingerprint density at radius 1 is 0.897 bits per heavy atom. The molecule has 0 spiro atoms. The predicted octanol–water partition coefficient (Wildman–Crippen LogP) is 6.46. The molecular formula is C30H22N6OS2. The number of amides is 1. The molecule has 7 rings (SSSR count). The van der Waals surface area contributed by atoms with Gasteiger partial charge in [0.1, 0.15) is 10.7 Å². The third-order valence-corrected chi connectivity index (χ3v) is 8.52. The van der Waals surface area contributed by atoms with E-state index in [0.29, 0.717) is 12.4 Å². The molecule has 0 unspecified atom stereocenters. The van der Waals surface area contributed by atoms with Crippen LogP contribution >= 0.6 is 23.1 Å². The van der Waals surface area contributed by atoms with Gasteiger partial charge in [-0.1, -0.05) is 90.6 Å². The van der Waals surface area contributed by atoms with Gasteiger partial charge in [0.25, 0.3) is 0 Å². The monoisotopic (exact) mass is 546 g/mol. The summed E-state index contributed by atoms with van der Waals surface area (Å²) in [5.74, 6) is 1.75. The minimum absolute atomic E-state index is 0.0756. The Labute approximate surface area is 233 Å². The number of hydrogen-bond acceptors (Lipinski definition) is 8. The Hall–Kier alpha value is -4.34. The van der Waals surface area contributed by atoms with Gasteiger partial charge in [0, 0.05) is 23.4 Å². The van der Waals surface area contributed by atoms with Crippen LogP contribution in [0.15, 0.2) is 101 Å². The first-order valence-electron chi connectivity index (χ1n) is 12.6. The lowest BCUT2D eigenvalue weighted by atomic mass is 10.1. The van der Waals surface area contributed by atoms with E-state index in [1.54, 1.807) is 11.3 Å². The first kappa shape index (κ1) is 23.8. The van der Waals surface area contributed by atoms with Crippen molar-refractivity contribution in [3.8, 4) is 22.6 Å². The van der Waals surface area contributed by atoms with Gasteiger partial charge >= 0.3 is 0 Å². The van der Waals surface area contributed by atoms with Crippen LogP contribution in [-0.2, 0) is 4.79 Å². The van der Waals surface area contributed by atoms with Crippen molar-refractivity contribution in [2.75, 3.05) is 24.2 Å². The van der Waals surface area contributed by atoms with Gasteiger partial charge in [-0.15, -0.1) is 11.3 Å². The van der Waals surface area contributed by atoms with Crippen molar-refractivity contribution >= 4 is 61.6 Å². The van der Waals surface area contributed by atoms with E-state index in [1.165, 1.54) is 11.8 Å². The lowest BCUT2D eigenvalue weighted by Crippen LogP contribution is -2.35. The molecule has 0 radical (unpaired) electrons. The highest BCUT2D eigenvalue weighted by Crippen LogP contribution is 2.46. The summed E-state index contributed by atoms with van der Waals surface area (Å²) in [5.41, 5.74) is 4.43. The number of benzene rings is 3. The zero-order valence-electron chi connectivity index (χ0n) is 20.7. The largest absolute Gasteiger partial charge is 0.325 e. The van der Waals surface area contributed by atoms with Gasteiger partial charge in [-0.05, 0) is 12.1 Å². The van der Waals surface area contributed by atoms with Crippen LogP contribution in [0.4, 0.5) is 11.4 Å². The van der Waals surface area contributed by atoms with Crippen molar-refractivity contribution in [1.82, 2.24) is 14.9 Å². The minimum Gasteiger partial charge on any atom is -0.325 e. The number of nitrogens with zero attached hydrogens (tertiary/aromatic N) is 5. The fourth-order valence-corrected chi connectivity index (χ4v) is 6.66. The minimum atomic E-state index is -0.0756. The molecule has 39 heavy (non-hydrogen) atoms. The summed E-state index contributed by atoms with van der Waals surface area (Å²) in [7, 11) is 0. The van der Waals surface area contributed by atoms with Crippen LogP contribution in [-0.4, -0.2) is 50.6 Å². The van der Waals surface area contributed by atoms with Crippen LogP contribution in [0, 0.1) is 0 Å². The topological polar surface area (TPSA) is 82.8 Å². The Kier molecular flexibility index (Phi) is 6.14. The van der Waals surface area contributed by atoms with Crippen molar-refractivity contribution in [1.29, 1.82) is 0 Å². The number of aliphatic imine (C=N–C) groups is 2. The molecule has 9 heteroatoms. The van der Waals surface area contributed by atoms with Crippen LogP contribution in [0.1, 0.15) is 4.88 Å². The van der Waals surface area contributed by atoms with Gasteiger partial charge < -0.3 is 10.2 Å². The molecule has 1 amide bonds. The van der Waals surface area contributed by atoms with E-state index in [9.17, 15) is 4.79 Å². The van der Waals surface area contributed by atoms with Crippen LogP contribution < -0.4 is 5.32 Å². The van der Waals surface area contributed by atoms with E-state index in [1.807, 2.05) is 78.9 Å². The Bertz CT molecular complexity index is 1750. The highest BCUT2D eigenvalue weighted by atomic mass is 32.2.